The van der Waals surface area contributed by atoms with Gasteiger partial charge in [-0.2, -0.15) is 0 Å². The first-order valence-corrected chi connectivity index (χ1v) is 2.71. The Labute approximate surface area is 69.2 Å². The molecule has 0 amide bonds. The molecule has 0 unspecified atom stereocenters. The maximum absolute atomic E-state index is 3.89. The molecule has 0 aliphatic heterocycles. The average Bonchev–Trinajstić information content (AvgIpc) is 1.64. The van der Waals surface area contributed by atoms with E-state index in [0.29, 0.717) is 0 Å². The third-order valence-corrected chi connectivity index (χ3v) is 1.19. The molecule has 0 saturated carbocycles. The Morgan fingerprint density at radius 2 is 1.22 bits per heavy atom. The van der Waals surface area contributed by atoms with Crippen LogP contribution in [0.25, 0.3) is 0 Å². The van der Waals surface area contributed by atoms with Crippen LogP contribution in [-0.2, 0) is 0 Å². The van der Waals surface area contributed by atoms with Crippen LogP contribution >= 0.6 is 0 Å². The second-order valence-corrected chi connectivity index (χ2v) is 2.41. The van der Waals surface area contributed by atoms with Crippen LogP contribution in [0.5, 0.6) is 0 Å². The minimum atomic E-state index is 0. The number of nitrogens with zero attached hydrogens (tertiary/aromatic N) is 2. The topological polar surface area (TPSA) is 6.48 Å². The van der Waals surface area contributed by atoms with Gasteiger partial charge in [-0.1, -0.05) is 0 Å². The van der Waals surface area contributed by atoms with E-state index in [9.17, 15) is 0 Å². The van der Waals surface area contributed by atoms with E-state index < -0.39 is 0 Å². The molecule has 2 nitrogen and oxygen atoms in total. The molecule has 3 heteroatoms. The summed E-state index contributed by atoms with van der Waals surface area (Å²) in [5.74, 6) is 0. The van der Waals surface area contributed by atoms with Gasteiger partial charge >= 0.3 is 17.6 Å². The van der Waals surface area contributed by atoms with Crippen molar-refractivity contribution in [1.82, 2.24) is 9.80 Å². The van der Waals surface area contributed by atoms with Crippen LogP contribution < -0.4 is 0 Å². The van der Waals surface area contributed by atoms with Gasteiger partial charge in [-0.25, -0.2) is 0 Å². The van der Waals surface area contributed by atoms with Crippen LogP contribution in [0.3, 0.4) is 0 Å². The van der Waals surface area contributed by atoms with Crippen molar-refractivity contribution in [3.8, 4) is 0 Å². The summed E-state index contributed by atoms with van der Waals surface area (Å²) in [6.45, 7) is 3.89. The van der Waals surface area contributed by atoms with Crippen LogP contribution in [0.4, 0.5) is 0 Å². The zero-order valence-corrected chi connectivity index (χ0v) is 6.18. The third-order valence-electron chi connectivity index (χ3n) is 1.19. The molecule has 0 N–H and O–H groups in total. The normalized spacial score (nSPS) is 10.7. The number of hydrogen-bond acceptors (Lipinski definition) is 2. The molecule has 0 aromatic rings. The molecule has 0 saturated heterocycles. The van der Waals surface area contributed by atoms with Gasteiger partial charge in [0.1, 0.15) is 0 Å². The molecule has 0 bridgehead atoms. The summed E-state index contributed by atoms with van der Waals surface area (Å²) >= 11 is 0. The van der Waals surface area contributed by atoms with Crippen molar-refractivity contribution >= 4 is 17.6 Å². The zero-order chi connectivity index (χ0) is 6.73. The van der Waals surface area contributed by atoms with Crippen molar-refractivity contribution in [3.05, 3.63) is 6.92 Å². The first-order chi connectivity index (χ1) is 3.55. The van der Waals surface area contributed by atoms with E-state index in [1.165, 1.54) is 0 Å². The fraction of sp³-hybridized carbons (Fsp3) is 0.833. The first-order valence-electron chi connectivity index (χ1n) is 2.71. The Bertz CT molecular complexity index is 56.1. The molecule has 0 aliphatic carbocycles. The van der Waals surface area contributed by atoms with Crippen LogP contribution in [0, 0.1) is 6.92 Å². The standard InChI is InChI=1S/C6H15N2.GeH4/c1-6(7(2)3)8(4)5;/h6H,1H2,2-5H3;1H4. The van der Waals surface area contributed by atoms with Crippen molar-refractivity contribution in [1.29, 1.82) is 0 Å². The van der Waals surface area contributed by atoms with E-state index in [0.717, 1.165) is 0 Å². The molecule has 57 valence electrons. The van der Waals surface area contributed by atoms with Gasteiger partial charge in [0.25, 0.3) is 0 Å². The SMILES string of the molecule is [CH2]C(N(C)C)N(C)C.[GeH4]. The third kappa shape index (κ3) is 4.94. The summed E-state index contributed by atoms with van der Waals surface area (Å²) < 4.78 is 0. The van der Waals surface area contributed by atoms with E-state index in [4.69, 9.17) is 0 Å². The van der Waals surface area contributed by atoms with Crippen molar-refractivity contribution in [3.63, 3.8) is 0 Å². The zero-order valence-electron chi connectivity index (χ0n) is 6.18. The second-order valence-electron chi connectivity index (χ2n) is 2.41. The monoisotopic (exact) mass is 193 g/mol. The summed E-state index contributed by atoms with van der Waals surface area (Å²) in [5.41, 5.74) is 0. The molecule has 0 rings (SSSR count). The molecule has 0 heterocycles. The molecule has 0 aromatic heterocycles. The molecule has 9 heavy (non-hydrogen) atoms. The summed E-state index contributed by atoms with van der Waals surface area (Å²) in [7, 11) is 8.05. The molecule has 0 aromatic carbocycles. The summed E-state index contributed by atoms with van der Waals surface area (Å²) in [6.07, 6.45) is 0.287. The molecular formula is C6H19GeN2. The first kappa shape index (κ1) is 12.2. The fourth-order valence-corrected chi connectivity index (χ4v) is 0.462. The van der Waals surface area contributed by atoms with E-state index in [-0.39, 0.29) is 23.8 Å². The van der Waals surface area contributed by atoms with E-state index in [1.54, 1.807) is 0 Å². The van der Waals surface area contributed by atoms with Crippen LogP contribution in [0.15, 0.2) is 0 Å². The summed E-state index contributed by atoms with van der Waals surface area (Å²) in [4.78, 5) is 4.11. The van der Waals surface area contributed by atoms with Gasteiger partial charge in [0.2, 0.25) is 0 Å². The Hall–Kier alpha value is 0.463. The van der Waals surface area contributed by atoms with Crippen LogP contribution in [0.2, 0.25) is 0 Å². The second kappa shape index (κ2) is 5.26. The number of rotatable bonds is 2. The van der Waals surface area contributed by atoms with Crippen LogP contribution in [-0.4, -0.2) is 61.8 Å². The predicted octanol–water partition coefficient (Wildman–Crippen LogP) is -1.18. The van der Waals surface area contributed by atoms with Crippen molar-refractivity contribution < 1.29 is 0 Å². The molecule has 0 fully saturated rings. The van der Waals surface area contributed by atoms with E-state index in [1.807, 2.05) is 28.2 Å². The molecule has 0 atom stereocenters. The van der Waals surface area contributed by atoms with E-state index in [2.05, 4.69) is 16.7 Å². The molecule has 1 radical (unpaired) electrons. The average molecular weight is 192 g/mol. The Kier molecular flexibility index (Phi) is 7.12. The van der Waals surface area contributed by atoms with Crippen LogP contribution in [0.1, 0.15) is 0 Å². The van der Waals surface area contributed by atoms with Gasteiger partial charge in [0.05, 0.1) is 6.17 Å². The Morgan fingerprint density at radius 1 is 1.00 bits per heavy atom. The van der Waals surface area contributed by atoms with Gasteiger partial charge in [0, 0.05) is 0 Å². The van der Waals surface area contributed by atoms with Gasteiger partial charge in [-0.3, -0.25) is 9.80 Å². The quantitative estimate of drug-likeness (QED) is 0.401. The number of hydrogen-bond donors (Lipinski definition) is 0. The predicted molar refractivity (Wildman–Crippen MR) is 47.9 cm³/mol. The molecular weight excluding hydrogens is 173 g/mol. The Morgan fingerprint density at radius 3 is 1.22 bits per heavy atom. The maximum atomic E-state index is 3.89. The van der Waals surface area contributed by atoms with E-state index >= 15 is 0 Å². The van der Waals surface area contributed by atoms with Gasteiger partial charge < -0.3 is 0 Å². The van der Waals surface area contributed by atoms with Crippen molar-refractivity contribution in [2.45, 2.75) is 6.17 Å². The summed E-state index contributed by atoms with van der Waals surface area (Å²) in [5, 5.41) is 0. The van der Waals surface area contributed by atoms with Crippen molar-refractivity contribution in [2.75, 3.05) is 28.2 Å². The van der Waals surface area contributed by atoms with Gasteiger partial charge in [-0.05, 0) is 35.1 Å². The van der Waals surface area contributed by atoms with Gasteiger partial charge in [0.15, 0.2) is 0 Å². The van der Waals surface area contributed by atoms with Crippen molar-refractivity contribution in [2.24, 2.45) is 0 Å². The Balaban J connectivity index is 0. The minimum absolute atomic E-state index is 0. The summed E-state index contributed by atoms with van der Waals surface area (Å²) in [6, 6.07) is 0. The fourth-order valence-electron chi connectivity index (χ4n) is 0.462. The molecule has 0 spiro atoms. The van der Waals surface area contributed by atoms with Gasteiger partial charge in [-0.15, -0.1) is 0 Å². The molecule has 0 aliphatic rings.